The molecule has 1 atom stereocenters. The number of hydrogen-bond donors (Lipinski definition) is 3. The normalized spacial score (nSPS) is 13.5. The highest BCUT2D eigenvalue weighted by Crippen LogP contribution is 2.37. The van der Waals surface area contributed by atoms with E-state index in [2.05, 4.69) is 108 Å². The van der Waals surface area contributed by atoms with Crippen molar-refractivity contribution in [3.63, 3.8) is 0 Å². The summed E-state index contributed by atoms with van der Waals surface area (Å²) in [7, 11) is 0. The fourth-order valence-electron chi connectivity index (χ4n) is 5.33. The highest BCUT2D eigenvalue weighted by Gasteiger charge is 2.16. The molecule has 4 nitrogen and oxygen atoms in total. The van der Waals surface area contributed by atoms with Crippen molar-refractivity contribution in [1.29, 1.82) is 0 Å². The van der Waals surface area contributed by atoms with Crippen LogP contribution in [0.25, 0.3) is 32.5 Å². The van der Waals surface area contributed by atoms with Crippen LogP contribution in [-0.2, 0) is 0 Å². The summed E-state index contributed by atoms with van der Waals surface area (Å²) < 4.78 is 1.26. The van der Waals surface area contributed by atoms with Gasteiger partial charge >= 0.3 is 0 Å². The van der Waals surface area contributed by atoms with E-state index in [1.807, 2.05) is 42.5 Å². The van der Waals surface area contributed by atoms with Crippen LogP contribution in [0.2, 0.25) is 0 Å². The third kappa shape index (κ3) is 5.17. The third-order valence-corrected chi connectivity index (χ3v) is 8.58. The average Bonchev–Trinajstić information content (AvgIpc) is 3.25. The van der Waals surface area contributed by atoms with Crippen LogP contribution in [0.1, 0.15) is 39.7 Å². The first-order chi connectivity index (χ1) is 20.7. The van der Waals surface area contributed by atoms with Gasteiger partial charge in [-0.3, -0.25) is 0 Å². The maximum Gasteiger partial charge on any atom is 0.144 e. The maximum absolute atomic E-state index is 6.60. The van der Waals surface area contributed by atoms with Gasteiger partial charge in [-0.1, -0.05) is 115 Å². The summed E-state index contributed by atoms with van der Waals surface area (Å²) in [5, 5.41) is 3.55. The molecule has 5 heteroatoms. The van der Waals surface area contributed by atoms with E-state index < -0.39 is 6.17 Å². The van der Waals surface area contributed by atoms with Crippen LogP contribution >= 0.6 is 11.3 Å². The molecule has 1 aliphatic rings. The minimum absolute atomic E-state index is 0.416. The van der Waals surface area contributed by atoms with E-state index in [1.165, 1.54) is 26.6 Å². The van der Waals surface area contributed by atoms with E-state index in [1.54, 1.807) is 11.3 Å². The van der Waals surface area contributed by atoms with Crippen LogP contribution in [-0.4, -0.2) is 5.84 Å². The van der Waals surface area contributed by atoms with Crippen LogP contribution in [0, 0.1) is 11.8 Å². The fraction of sp³-hybridized carbons (Fsp3) is 0.0541. The maximum atomic E-state index is 6.60. The summed E-state index contributed by atoms with van der Waals surface area (Å²) in [6.45, 7) is 0. The van der Waals surface area contributed by atoms with E-state index in [-0.39, 0.29) is 0 Å². The Morgan fingerprint density at radius 2 is 1.57 bits per heavy atom. The number of allylic oxidation sites excluding steroid dienone is 1. The van der Waals surface area contributed by atoms with E-state index in [0.29, 0.717) is 12.3 Å². The van der Waals surface area contributed by atoms with Gasteiger partial charge in [0.25, 0.3) is 0 Å². The first-order valence-corrected chi connectivity index (χ1v) is 14.7. The highest BCUT2D eigenvalue weighted by atomic mass is 32.1. The second-order valence-electron chi connectivity index (χ2n) is 10.2. The largest absolute Gasteiger partial charge is 0.383 e. The summed E-state index contributed by atoms with van der Waals surface area (Å²) in [6, 6.07) is 41.4. The minimum Gasteiger partial charge on any atom is -0.383 e. The molecule has 0 aliphatic heterocycles. The lowest BCUT2D eigenvalue weighted by Crippen LogP contribution is -2.29. The molecule has 1 aliphatic carbocycles. The van der Waals surface area contributed by atoms with Gasteiger partial charge in [-0.2, -0.15) is 0 Å². The number of rotatable bonds is 7. The van der Waals surface area contributed by atoms with Crippen molar-refractivity contribution in [2.45, 2.75) is 12.6 Å². The van der Waals surface area contributed by atoms with Crippen LogP contribution in [0.15, 0.2) is 126 Å². The highest BCUT2D eigenvalue weighted by molar-refractivity contribution is 7.19. The SMILES string of the molecule is NC(=NC(NNc1ccccc1C1=Cc2c(sc3ccccc23)C#CC1)c1ccccc1)c1ccc2ccccc2c1. The van der Waals surface area contributed by atoms with Crippen molar-refractivity contribution < 1.29 is 0 Å². The molecule has 0 bridgehead atoms. The Morgan fingerprint density at radius 1 is 0.810 bits per heavy atom. The van der Waals surface area contributed by atoms with Gasteiger partial charge in [-0.05, 0) is 46.2 Å². The second kappa shape index (κ2) is 11.4. The summed E-state index contributed by atoms with van der Waals surface area (Å²) >= 11 is 1.76. The van der Waals surface area contributed by atoms with Crippen molar-refractivity contribution in [3.8, 4) is 11.8 Å². The number of benzene rings is 5. The summed E-state index contributed by atoms with van der Waals surface area (Å²) in [5.41, 5.74) is 19.8. The molecule has 202 valence electrons. The molecule has 1 unspecified atom stereocenters. The van der Waals surface area contributed by atoms with Crippen LogP contribution < -0.4 is 16.6 Å². The van der Waals surface area contributed by atoms with E-state index in [4.69, 9.17) is 10.7 Å². The predicted molar refractivity (Wildman–Crippen MR) is 178 cm³/mol. The molecule has 0 spiro atoms. The van der Waals surface area contributed by atoms with Crippen LogP contribution in [0.5, 0.6) is 0 Å². The molecule has 1 aromatic heterocycles. The molecule has 1 heterocycles. The van der Waals surface area contributed by atoms with Crippen molar-refractivity contribution in [2.75, 3.05) is 5.43 Å². The summed E-state index contributed by atoms with van der Waals surface area (Å²) in [5.74, 6) is 7.26. The van der Waals surface area contributed by atoms with E-state index in [9.17, 15) is 0 Å². The summed E-state index contributed by atoms with van der Waals surface area (Å²) in [4.78, 5) is 6.06. The number of hydrazine groups is 1. The molecule has 0 fully saturated rings. The Kier molecular flexibility index (Phi) is 6.99. The van der Waals surface area contributed by atoms with Gasteiger partial charge < -0.3 is 11.2 Å². The van der Waals surface area contributed by atoms with Gasteiger partial charge in [0, 0.05) is 33.2 Å². The predicted octanol–water partition coefficient (Wildman–Crippen LogP) is 8.37. The zero-order valence-corrected chi connectivity index (χ0v) is 23.7. The van der Waals surface area contributed by atoms with E-state index in [0.717, 1.165) is 32.6 Å². The van der Waals surface area contributed by atoms with Crippen molar-refractivity contribution in [3.05, 3.63) is 148 Å². The monoisotopic (exact) mass is 560 g/mol. The molecule has 6 aromatic rings. The molecular formula is C37H28N4S. The number of fused-ring (bicyclic) bond motifs is 4. The lowest BCUT2D eigenvalue weighted by Gasteiger charge is -2.20. The number of amidine groups is 1. The Hall–Kier alpha value is -5.15. The van der Waals surface area contributed by atoms with Gasteiger partial charge in [0.15, 0.2) is 0 Å². The van der Waals surface area contributed by atoms with Crippen LogP contribution in [0.4, 0.5) is 5.69 Å². The van der Waals surface area contributed by atoms with Gasteiger partial charge in [-0.25, -0.2) is 10.4 Å². The first kappa shape index (κ1) is 25.8. The van der Waals surface area contributed by atoms with Gasteiger partial charge in [0.1, 0.15) is 12.0 Å². The topological polar surface area (TPSA) is 62.4 Å². The van der Waals surface area contributed by atoms with Gasteiger partial charge in [-0.15, -0.1) is 11.3 Å². The number of nitrogens with one attached hydrogen (secondary N) is 2. The lowest BCUT2D eigenvalue weighted by atomic mass is 9.99. The number of aliphatic imine (C=N–C) groups is 1. The first-order valence-electron chi connectivity index (χ1n) is 13.9. The van der Waals surface area contributed by atoms with Crippen molar-refractivity contribution in [1.82, 2.24) is 5.43 Å². The molecule has 0 saturated heterocycles. The van der Waals surface area contributed by atoms with Crippen LogP contribution in [0.3, 0.4) is 0 Å². The van der Waals surface area contributed by atoms with Gasteiger partial charge in [0.05, 0.1) is 10.6 Å². The minimum atomic E-state index is -0.416. The number of nitrogens with zero attached hydrogens (tertiary/aromatic N) is 1. The average molecular weight is 561 g/mol. The lowest BCUT2D eigenvalue weighted by molar-refractivity contribution is 0.617. The Morgan fingerprint density at radius 3 is 2.48 bits per heavy atom. The molecule has 7 rings (SSSR count). The summed E-state index contributed by atoms with van der Waals surface area (Å²) in [6.07, 6.45) is 2.54. The Balaban J connectivity index is 1.21. The number of thiophene rings is 1. The van der Waals surface area contributed by atoms with Crippen molar-refractivity contribution >= 4 is 55.4 Å². The third-order valence-electron chi connectivity index (χ3n) is 7.48. The number of nitrogens with two attached hydrogens (primary N) is 1. The van der Waals surface area contributed by atoms with E-state index >= 15 is 0 Å². The molecule has 5 aromatic carbocycles. The Bertz CT molecular complexity index is 2040. The fourth-order valence-corrected chi connectivity index (χ4v) is 6.38. The number of anilines is 1. The molecule has 0 radical (unpaired) electrons. The Labute approximate surface area is 249 Å². The van der Waals surface area contributed by atoms with Crippen molar-refractivity contribution in [2.24, 2.45) is 10.7 Å². The molecule has 0 amide bonds. The smallest absolute Gasteiger partial charge is 0.144 e. The molecule has 42 heavy (non-hydrogen) atoms. The second-order valence-corrected chi connectivity index (χ2v) is 11.2. The number of hydrogen-bond acceptors (Lipinski definition) is 4. The zero-order valence-electron chi connectivity index (χ0n) is 22.8. The van der Waals surface area contributed by atoms with Gasteiger partial charge in [0.2, 0.25) is 0 Å². The molecule has 0 saturated carbocycles. The number of para-hydroxylation sites is 1. The zero-order chi connectivity index (χ0) is 28.3. The standard InChI is InChI=1S/C37H28N4S/c38-36(29-22-21-25-11-4-5-14-27(25)23-29)39-37(26-12-2-1-3-13-26)41-40-33-18-8-6-16-30(33)28-15-10-20-35-32(24-28)31-17-7-9-19-34(31)42-35/h1-9,11-14,16-19,21-24,37,40-41H,15H2,(H2,38,39). The molecular weight excluding hydrogens is 533 g/mol. The quantitative estimate of drug-likeness (QED) is 0.0795. The molecule has 4 N–H and O–H groups in total.